The maximum absolute atomic E-state index is 5.87. The molecule has 0 radical (unpaired) electrons. The fraction of sp³-hybridized carbons (Fsp3) is 0.625. The number of nitrogens with one attached hydrogen (secondary N) is 1. The van der Waals surface area contributed by atoms with E-state index in [1.54, 1.807) is 0 Å². The summed E-state index contributed by atoms with van der Waals surface area (Å²) in [5, 5.41) is 3.44. The molecule has 0 unspecified atom stereocenters. The summed E-state index contributed by atoms with van der Waals surface area (Å²) < 4.78 is 6.94. The van der Waals surface area contributed by atoms with E-state index in [1.165, 1.54) is 25.8 Å². The number of halogens is 2. The monoisotopic (exact) mass is 376 g/mol. The third kappa shape index (κ3) is 6.55. The molecule has 3 nitrogen and oxygen atoms in total. The Labute approximate surface area is 143 Å². The van der Waals surface area contributed by atoms with E-state index >= 15 is 0 Å². The Balaban J connectivity index is 0.00000220. The third-order valence-electron chi connectivity index (χ3n) is 3.78. The van der Waals surface area contributed by atoms with Crippen LogP contribution in [0, 0.1) is 0 Å². The Morgan fingerprint density at radius 3 is 2.71 bits per heavy atom. The molecule has 1 aliphatic rings. The molecular formula is C16H26BrClN2O. The van der Waals surface area contributed by atoms with Crippen molar-refractivity contribution in [2.24, 2.45) is 0 Å². The van der Waals surface area contributed by atoms with Gasteiger partial charge in [-0.15, -0.1) is 12.4 Å². The minimum Gasteiger partial charge on any atom is -0.492 e. The summed E-state index contributed by atoms with van der Waals surface area (Å²) >= 11 is 3.47. The average molecular weight is 378 g/mol. The first kappa shape index (κ1) is 18.8. The van der Waals surface area contributed by atoms with Gasteiger partial charge in [0, 0.05) is 17.1 Å². The lowest BCUT2D eigenvalue weighted by Crippen LogP contribution is -2.45. The van der Waals surface area contributed by atoms with Gasteiger partial charge in [0.25, 0.3) is 0 Å². The predicted molar refractivity (Wildman–Crippen MR) is 94.6 cm³/mol. The van der Waals surface area contributed by atoms with Crippen LogP contribution in [0.15, 0.2) is 28.7 Å². The van der Waals surface area contributed by atoms with Crippen molar-refractivity contribution in [3.8, 4) is 5.75 Å². The predicted octanol–water partition coefficient (Wildman–Crippen LogP) is 3.71. The summed E-state index contributed by atoms with van der Waals surface area (Å²) in [4.78, 5) is 2.60. The summed E-state index contributed by atoms with van der Waals surface area (Å²) in [5.74, 6) is 0.945. The molecule has 0 aromatic heterocycles. The topological polar surface area (TPSA) is 24.5 Å². The molecule has 0 bridgehead atoms. The zero-order valence-electron chi connectivity index (χ0n) is 12.7. The quantitative estimate of drug-likeness (QED) is 0.784. The summed E-state index contributed by atoms with van der Waals surface area (Å²) in [6.07, 6.45) is 3.73. The Bertz CT molecular complexity index is 400. The molecule has 5 heteroatoms. The molecule has 120 valence electrons. The van der Waals surface area contributed by atoms with Crippen LogP contribution >= 0.6 is 28.3 Å². The van der Waals surface area contributed by atoms with E-state index in [1.807, 2.05) is 24.3 Å². The van der Waals surface area contributed by atoms with Gasteiger partial charge in [0.1, 0.15) is 12.4 Å². The number of ether oxygens (including phenoxy) is 1. The second-order valence-electron chi connectivity index (χ2n) is 5.32. The number of piperidine rings is 1. The van der Waals surface area contributed by atoms with E-state index in [9.17, 15) is 0 Å². The van der Waals surface area contributed by atoms with Gasteiger partial charge in [-0.1, -0.05) is 28.9 Å². The van der Waals surface area contributed by atoms with Gasteiger partial charge in [0.15, 0.2) is 0 Å². The Morgan fingerprint density at radius 1 is 1.29 bits per heavy atom. The van der Waals surface area contributed by atoms with Gasteiger partial charge in [0.05, 0.1) is 0 Å². The van der Waals surface area contributed by atoms with Crippen LogP contribution in [-0.4, -0.2) is 43.7 Å². The zero-order valence-corrected chi connectivity index (χ0v) is 15.1. The Kier molecular flexibility index (Phi) is 9.32. The summed E-state index contributed by atoms with van der Waals surface area (Å²) in [6, 6.07) is 8.79. The standard InChI is InChI=1S/C16H25BrN2O.ClH/c1-2-10-19(15-6-8-18-9-7-15)11-12-20-16-5-3-4-14(17)13-16;/h3-5,13,15,18H,2,6-12H2,1H3;1H. The second-order valence-corrected chi connectivity index (χ2v) is 6.24. The lowest BCUT2D eigenvalue weighted by molar-refractivity contribution is 0.135. The largest absolute Gasteiger partial charge is 0.492 e. The first-order valence-electron chi connectivity index (χ1n) is 7.62. The van der Waals surface area contributed by atoms with Crippen molar-refractivity contribution < 1.29 is 4.74 Å². The third-order valence-corrected chi connectivity index (χ3v) is 4.27. The normalized spacial score (nSPS) is 15.8. The highest BCUT2D eigenvalue weighted by atomic mass is 79.9. The van der Waals surface area contributed by atoms with Crippen LogP contribution < -0.4 is 10.1 Å². The summed E-state index contributed by atoms with van der Waals surface area (Å²) in [7, 11) is 0. The van der Waals surface area contributed by atoms with Gasteiger partial charge in [-0.25, -0.2) is 0 Å². The van der Waals surface area contributed by atoms with Gasteiger partial charge in [-0.3, -0.25) is 4.90 Å². The molecule has 1 aromatic rings. The van der Waals surface area contributed by atoms with Crippen molar-refractivity contribution in [2.75, 3.05) is 32.8 Å². The van der Waals surface area contributed by atoms with Gasteiger partial charge >= 0.3 is 0 Å². The number of hydrogen-bond acceptors (Lipinski definition) is 3. The van der Waals surface area contributed by atoms with Crippen molar-refractivity contribution >= 4 is 28.3 Å². The minimum atomic E-state index is 0. The number of hydrogen-bond donors (Lipinski definition) is 1. The Morgan fingerprint density at radius 2 is 2.05 bits per heavy atom. The van der Waals surface area contributed by atoms with Crippen molar-refractivity contribution in [1.82, 2.24) is 10.2 Å². The van der Waals surface area contributed by atoms with Crippen LogP contribution in [0.3, 0.4) is 0 Å². The smallest absolute Gasteiger partial charge is 0.120 e. The highest BCUT2D eigenvalue weighted by molar-refractivity contribution is 9.10. The fourth-order valence-corrected chi connectivity index (χ4v) is 3.15. The first-order valence-corrected chi connectivity index (χ1v) is 8.42. The van der Waals surface area contributed by atoms with Crippen molar-refractivity contribution in [1.29, 1.82) is 0 Å². The molecule has 1 fully saturated rings. The second kappa shape index (κ2) is 10.4. The minimum absolute atomic E-state index is 0. The molecule has 0 atom stereocenters. The molecule has 1 aliphatic heterocycles. The van der Waals surface area contributed by atoms with Crippen LogP contribution in [0.5, 0.6) is 5.75 Å². The highest BCUT2D eigenvalue weighted by Gasteiger charge is 2.19. The molecule has 1 N–H and O–H groups in total. The fourth-order valence-electron chi connectivity index (χ4n) is 2.77. The molecule has 2 rings (SSSR count). The van der Waals surface area contributed by atoms with E-state index in [0.717, 1.165) is 42.5 Å². The molecule has 21 heavy (non-hydrogen) atoms. The highest BCUT2D eigenvalue weighted by Crippen LogP contribution is 2.18. The van der Waals surface area contributed by atoms with E-state index < -0.39 is 0 Å². The van der Waals surface area contributed by atoms with E-state index in [-0.39, 0.29) is 12.4 Å². The average Bonchev–Trinajstić information content (AvgIpc) is 2.47. The van der Waals surface area contributed by atoms with Crippen molar-refractivity contribution in [2.45, 2.75) is 32.2 Å². The van der Waals surface area contributed by atoms with Gasteiger partial charge in [-0.2, -0.15) is 0 Å². The lowest BCUT2D eigenvalue weighted by atomic mass is 10.0. The molecular weight excluding hydrogens is 352 g/mol. The van der Waals surface area contributed by atoms with E-state index in [0.29, 0.717) is 0 Å². The number of nitrogens with zero attached hydrogens (tertiary/aromatic N) is 1. The molecule has 1 saturated heterocycles. The van der Waals surface area contributed by atoms with Crippen LogP contribution in [0.4, 0.5) is 0 Å². The maximum Gasteiger partial charge on any atom is 0.120 e. The van der Waals surface area contributed by atoms with Crippen LogP contribution in [0.25, 0.3) is 0 Å². The first-order chi connectivity index (χ1) is 9.79. The molecule has 1 aromatic carbocycles. The lowest BCUT2D eigenvalue weighted by Gasteiger charge is -2.34. The number of benzene rings is 1. The SMILES string of the molecule is CCCN(CCOc1cccc(Br)c1)C1CCNCC1.Cl. The number of rotatable bonds is 7. The summed E-state index contributed by atoms with van der Waals surface area (Å²) in [5.41, 5.74) is 0. The van der Waals surface area contributed by atoms with Gasteiger partial charge in [-0.05, 0) is 57.1 Å². The molecule has 0 amide bonds. The Hall–Kier alpha value is -0.290. The van der Waals surface area contributed by atoms with E-state index in [4.69, 9.17) is 4.74 Å². The van der Waals surface area contributed by atoms with Crippen LogP contribution in [-0.2, 0) is 0 Å². The summed E-state index contributed by atoms with van der Waals surface area (Å²) in [6.45, 7) is 7.51. The molecule has 1 heterocycles. The molecule has 0 saturated carbocycles. The molecule has 0 aliphatic carbocycles. The molecule has 0 spiro atoms. The van der Waals surface area contributed by atoms with Crippen LogP contribution in [0.2, 0.25) is 0 Å². The van der Waals surface area contributed by atoms with Gasteiger partial charge < -0.3 is 10.1 Å². The van der Waals surface area contributed by atoms with Crippen LogP contribution in [0.1, 0.15) is 26.2 Å². The van der Waals surface area contributed by atoms with Crippen molar-refractivity contribution in [3.63, 3.8) is 0 Å². The van der Waals surface area contributed by atoms with Gasteiger partial charge in [0.2, 0.25) is 0 Å². The maximum atomic E-state index is 5.87. The zero-order chi connectivity index (χ0) is 14.2. The van der Waals surface area contributed by atoms with E-state index in [2.05, 4.69) is 33.1 Å². The van der Waals surface area contributed by atoms with Crippen molar-refractivity contribution in [3.05, 3.63) is 28.7 Å².